The van der Waals surface area contributed by atoms with Crippen LogP contribution < -0.4 is 19.1 Å². The van der Waals surface area contributed by atoms with Gasteiger partial charge in [-0.25, -0.2) is 0 Å². The normalized spacial score (nSPS) is 18.5. The molecule has 2 aliphatic rings. The maximum absolute atomic E-state index is 12.8. The van der Waals surface area contributed by atoms with Crippen molar-refractivity contribution in [3.8, 4) is 17.5 Å². The van der Waals surface area contributed by atoms with E-state index in [-0.39, 0.29) is 24.5 Å². The zero-order chi connectivity index (χ0) is 32.3. The highest BCUT2D eigenvalue weighted by molar-refractivity contribution is 5.50. The van der Waals surface area contributed by atoms with Gasteiger partial charge >= 0.3 is 18.0 Å². The van der Waals surface area contributed by atoms with Gasteiger partial charge < -0.3 is 29.2 Å². The van der Waals surface area contributed by atoms with Crippen molar-refractivity contribution in [2.24, 2.45) is 0 Å². The number of aryl methyl sites for hydroxylation is 1. The summed E-state index contributed by atoms with van der Waals surface area (Å²) in [5, 5.41) is 11.0. The van der Waals surface area contributed by atoms with Gasteiger partial charge in [-0.15, -0.1) is 0 Å². The smallest absolute Gasteiger partial charge is 0.416 e. The molecule has 2 aliphatic heterocycles. The van der Waals surface area contributed by atoms with Crippen LogP contribution in [0.2, 0.25) is 0 Å². The molecule has 0 N–H and O–H groups in total. The molecule has 0 saturated carbocycles. The molecule has 0 aliphatic carbocycles. The molecule has 242 valence electrons. The highest BCUT2D eigenvalue weighted by atomic mass is 19.4. The van der Waals surface area contributed by atoms with Gasteiger partial charge in [0.1, 0.15) is 37.0 Å². The van der Waals surface area contributed by atoms with Crippen LogP contribution in [0.4, 0.5) is 24.7 Å². The minimum Gasteiger partial charge on any atom is -0.490 e. The van der Waals surface area contributed by atoms with Gasteiger partial charge in [0.25, 0.3) is 0 Å². The number of rotatable bonds is 10. The van der Waals surface area contributed by atoms with E-state index in [4.69, 9.17) is 14.2 Å². The van der Waals surface area contributed by atoms with Gasteiger partial charge in [0.2, 0.25) is 0 Å². The molecule has 46 heavy (non-hydrogen) atoms. The lowest BCUT2D eigenvalue weighted by Crippen LogP contribution is -2.51. The third-order valence-electron chi connectivity index (χ3n) is 8.21. The first-order valence-electron chi connectivity index (χ1n) is 15.1. The molecule has 4 aromatic rings. The summed E-state index contributed by atoms with van der Waals surface area (Å²) in [6.45, 7) is 6.80. The number of ether oxygens (including phenoxy) is 3. The van der Waals surface area contributed by atoms with Crippen LogP contribution in [0.5, 0.6) is 17.5 Å². The third-order valence-corrected chi connectivity index (χ3v) is 8.21. The van der Waals surface area contributed by atoms with E-state index in [9.17, 15) is 23.3 Å². The molecule has 1 saturated heterocycles. The molecular formula is C33H34F3N5O5. The molecule has 1 aromatic heterocycles. The highest BCUT2D eigenvalue weighted by Crippen LogP contribution is 2.30. The molecule has 3 heterocycles. The fourth-order valence-corrected chi connectivity index (χ4v) is 5.73. The second kappa shape index (κ2) is 13.3. The van der Waals surface area contributed by atoms with E-state index in [0.717, 1.165) is 55.3 Å². The fourth-order valence-electron chi connectivity index (χ4n) is 5.73. The van der Waals surface area contributed by atoms with Gasteiger partial charge in [0.15, 0.2) is 0 Å². The second-order valence-corrected chi connectivity index (χ2v) is 11.6. The van der Waals surface area contributed by atoms with E-state index in [1.165, 1.54) is 18.3 Å². The van der Waals surface area contributed by atoms with Gasteiger partial charge in [0.05, 0.1) is 5.56 Å². The molecule has 0 unspecified atom stereocenters. The highest BCUT2D eigenvalue weighted by Gasteiger charge is 2.30. The Hall–Kier alpha value is -4.78. The van der Waals surface area contributed by atoms with Crippen molar-refractivity contribution >= 4 is 11.5 Å². The molecule has 0 spiro atoms. The number of hydrogen-bond acceptors (Lipinski definition) is 8. The number of hydrogen-bond donors (Lipinski definition) is 0. The number of fused-ring (bicyclic) bond motifs is 1. The second-order valence-electron chi connectivity index (χ2n) is 11.6. The van der Waals surface area contributed by atoms with Crippen LogP contribution in [0.15, 0.2) is 79.0 Å². The van der Waals surface area contributed by atoms with Crippen LogP contribution in [-0.2, 0) is 25.9 Å². The van der Waals surface area contributed by atoms with E-state index < -0.39 is 16.7 Å². The van der Waals surface area contributed by atoms with Gasteiger partial charge in [-0.2, -0.15) is 13.2 Å². The van der Waals surface area contributed by atoms with Crippen LogP contribution in [0, 0.1) is 10.1 Å². The average Bonchev–Trinajstić information content (AvgIpc) is 3.48. The number of aromatic nitrogens is 2. The first kappa shape index (κ1) is 31.2. The van der Waals surface area contributed by atoms with Crippen molar-refractivity contribution in [1.29, 1.82) is 0 Å². The Bertz CT molecular complexity index is 1630. The summed E-state index contributed by atoms with van der Waals surface area (Å²) in [5.74, 6) is 1.17. The maximum atomic E-state index is 12.8. The molecule has 0 bridgehead atoms. The number of imidazole rings is 1. The van der Waals surface area contributed by atoms with Crippen LogP contribution in [0.3, 0.4) is 0 Å². The Labute approximate surface area is 264 Å². The summed E-state index contributed by atoms with van der Waals surface area (Å²) in [5.41, 5.74) is 2.28. The average molecular weight is 638 g/mol. The first-order valence-corrected chi connectivity index (χ1v) is 15.1. The molecule has 10 nitrogen and oxygen atoms in total. The van der Waals surface area contributed by atoms with E-state index in [1.807, 2.05) is 36.4 Å². The Kier molecular flexibility index (Phi) is 9.02. The van der Waals surface area contributed by atoms with Crippen molar-refractivity contribution in [1.82, 2.24) is 14.5 Å². The minimum atomic E-state index is -4.35. The third kappa shape index (κ3) is 7.53. The van der Waals surface area contributed by atoms with Crippen LogP contribution in [-0.4, -0.2) is 57.8 Å². The van der Waals surface area contributed by atoms with Crippen LogP contribution in [0.25, 0.3) is 0 Å². The molecule has 0 amide bonds. The number of nitro groups is 1. The Morgan fingerprint density at radius 1 is 0.935 bits per heavy atom. The predicted octanol–water partition coefficient (Wildman–Crippen LogP) is 6.33. The molecule has 0 radical (unpaired) electrons. The first-order chi connectivity index (χ1) is 22.1. The van der Waals surface area contributed by atoms with Crippen LogP contribution >= 0.6 is 0 Å². The van der Waals surface area contributed by atoms with Crippen molar-refractivity contribution < 1.29 is 32.3 Å². The largest absolute Gasteiger partial charge is 0.490 e. The van der Waals surface area contributed by atoms with E-state index in [2.05, 4.69) is 33.8 Å². The van der Waals surface area contributed by atoms with Crippen molar-refractivity contribution in [3.05, 3.63) is 106 Å². The lowest BCUT2D eigenvalue weighted by Gasteiger charge is -2.41. The Balaban J connectivity index is 0.939. The molecule has 13 heteroatoms. The summed E-state index contributed by atoms with van der Waals surface area (Å²) in [7, 11) is 0. The van der Waals surface area contributed by atoms with Crippen LogP contribution in [0.1, 0.15) is 30.0 Å². The Morgan fingerprint density at radius 3 is 2.28 bits per heavy atom. The number of piperazine rings is 1. The zero-order valence-electron chi connectivity index (χ0n) is 25.2. The zero-order valence-corrected chi connectivity index (χ0v) is 25.2. The van der Waals surface area contributed by atoms with Crippen molar-refractivity contribution in [2.75, 3.05) is 31.1 Å². The number of benzene rings is 3. The summed E-state index contributed by atoms with van der Waals surface area (Å²) in [6.07, 6.45) is -2.53. The molecule has 2 atom stereocenters. The summed E-state index contributed by atoms with van der Waals surface area (Å²) in [4.78, 5) is 19.2. The number of alkyl halides is 3. The van der Waals surface area contributed by atoms with Crippen molar-refractivity contribution in [3.63, 3.8) is 0 Å². The maximum Gasteiger partial charge on any atom is 0.416 e. The van der Waals surface area contributed by atoms with E-state index >= 15 is 0 Å². The van der Waals surface area contributed by atoms with Crippen molar-refractivity contribution in [2.45, 2.75) is 51.4 Å². The monoisotopic (exact) mass is 637 g/mol. The molecular weight excluding hydrogens is 603 g/mol. The quantitative estimate of drug-likeness (QED) is 0.147. The van der Waals surface area contributed by atoms with Gasteiger partial charge in [0, 0.05) is 55.9 Å². The molecule has 3 aromatic carbocycles. The van der Waals surface area contributed by atoms with Gasteiger partial charge in [-0.1, -0.05) is 24.3 Å². The SMILES string of the molecule is C[C@H]1CN(Cc2ccc(OCc3ccc(C(F)(F)F)cc3)cc2)CCN1c1ccc(OC[C@@H]2CCn3cc([N+](=O)[O-])nc3O2)cc1. The summed E-state index contributed by atoms with van der Waals surface area (Å²) < 4.78 is 57.5. The Morgan fingerprint density at radius 2 is 1.61 bits per heavy atom. The lowest BCUT2D eigenvalue weighted by molar-refractivity contribution is -0.389. The molecule has 6 rings (SSSR count). The predicted molar refractivity (Wildman–Crippen MR) is 164 cm³/mol. The standard InChI is InChI=1S/C33H34F3N5O5/c1-23-18-38(19-24-4-10-28(11-5-24)44-21-25-2-6-26(7-3-25)33(34,35)36)16-17-40(23)27-8-12-29(13-9-27)45-22-30-14-15-39-20-31(41(42)43)37-32(39)46-30/h2-13,20,23,30H,14-19,21-22H2,1H3/t23-,30-/m0/s1. The minimum absolute atomic E-state index is 0.195. The molecule has 1 fully saturated rings. The summed E-state index contributed by atoms with van der Waals surface area (Å²) >= 11 is 0. The topological polar surface area (TPSA) is 95.1 Å². The summed E-state index contributed by atoms with van der Waals surface area (Å²) in [6, 6.07) is 21.4. The van der Waals surface area contributed by atoms with Gasteiger partial charge in [-0.3, -0.25) is 9.47 Å². The fraction of sp³-hybridized carbons (Fsp3) is 0.364. The van der Waals surface area contributed by atoms with Gasteiger partial charge in [-0.05, 0) is 71.5 Å². The van der Waals surface area contributed by atoms with E-state index in [1.54, 1.807) is 4.57 Å². The van der Waals surface area contributed by atoms with E-state index in [0.29, 0.717) is 36.9 Å². The number of anilines is 1. The number of nitrogens with zero attached hydrogens (tertiary/aromatic N) is 5. The lowest BCUT2D eigenvalue weighted by atomic mass is 10.1. The number of halogens is 3.